The zero-order chi connectivity index (χ0) is 12.3. The van der Waals surface area contributed by atoms with E-state index in [1.807, 2.05) is 31.2 Å². The number of nitrogens with two attached hydrogens (primary N) is 1. The van der Waals surface area contributed by atoms with Gasteiger partial charge in [-0.15, -0.1) is 0 Å². The Balaban J connectivity index is 2.44. The lowest BCUT2D eigenvalue weighted by Gasteiger charge is -2.17. The van der Waals surface area contributed by atoms with E-state index in [2.05, 4.69) is 10.3 Å². The summed E-state index contributed by atoms with van der Waals surface area (Å²) in [6.07, 6.45) is 2.59. The molecule has 4 nitrogen and oxygen atoms in total. The number of aliphatic hydroxyl groups excluding tert-OH is 1. The van der Waals surface area contributed by atoms with Crippen LogP contribution in [0.1, 0.15) is 13.3 Å². The molecule has 90 valence electrons. The summed E-state index contributed by atoms with van der Waals surface area (Å²) < 4.78 is 0. The first kappa shape index (κ1) is 11.7. The molecule has 1 heterocycles. The first-order valence-corrected chi connectivity index (χ1v) is 5.77. The average Bonchev–Trinajstić information content (AvgIpc) is 2.38. The van der Waals surface area contributed by atoms with E-state index in [1.165, 1.54) is 0 Å². The fourth-order valence-electron chi connectivity index (χ4n) is 1.82. The molecule has 1 aromatic heterocycles. The first-order valence-electron chi connectivity index (χ1n) is 5.77. The van der Waals surface area contributed by atoms with Crippen molar-refractivity contribution in [3.63, 3.8) is 0 Å². The second-order valence-corrected chi connectivity index (χ2v) is 4.03. The van der Waals surface area contributed by atoms with Crippen molar-refractivity contribution in [2.45, 2.75) is 19.4 Å². The molecule has 0 aliphatic rings. The minimum absolute atomic E-state index is 0.0574. The van der Waals surface area contributed by atoms with Crippen LogP contribution in [0, 0.1) is 0 Å². The standard InChI is InChI=1S/C13H17N3O/c1-2-9(8-17)16-12-6-5-11(14)13-10(12)4-3-7-15-13/h3-7,9,16-17H,2,8,14H2,1H3. The Morgan fingerprint density at radius 1 is 1.41 bits per heavy atom. The number of nitrogens with one attached hydrogen (secondary N) is 1. The molecule has 0 saturated carbocycles. The lowest BCUT2D eigenvalue weighted by atomic mass is 10.1. The van der Waals surface area contributed by atoms with Gasteiger partial charge in [0.2, 0.25) is 0 Å². The van der Waals surface area contributed by atoms with Gasteiger partial charge in [0.15, 0.2) is 0 Å². The number of nitrogen functional groups attached to an aromatic ring is 1. The van der Waals surface area contributed by atoms with E-state index in [-0.39, 0.29) is 12.6 Å². The molecule has 2 rings (SSSR count). The number of rotatable bonds is 4. The Hall–Kier alpha value is -1.81. The Morgan fingerprint density at radius 3 is 2.94 bits per heavy atom. The molecule has 2 aromatic rings. The highest BCUT2D eigenvalue weighted by Gasteiger charge is 2.08. The second-order valence-electron chi connectivity index (χ2n) is 4.03. The summed E-state index contributed by atoms with van der Waals surface area (Å²) in [7, 11) is 0. The van der Waals surface area contributed by atoms with Crippen molar-refractivity contribution in [3.8, 4) is 0 Å². The van der Waals surface area contributed by atoms with Gasteiger partial charge in [0, 0.05) is 23.3 Å². The van der Waals surface area contributed by atoms with Gasteiger partial charge in [-0.1, -0.05) is 6.92 Å². The molecule has 0 radical (unpaired) electrons. The largest absolute Gasteiger partial charge is 0.397 e. The number of fused-ring (bicyclic) bond motifs is 1. The summed E-state index contributed by atoms with van der Waals surface area (Å²) >= 11 is 0. The molecule has 0 aliphatic carbocycles. The molecule has 1 aromatic carbocycles. The highest BCUT2D eigenvalue weighted by Crippen LogP contribution is 2.27. The molecule has 0 aliphatic heterocycles. The lowest BCUT2D eigenvalue weighted by Crippen LogP contribution is -2.22. The SMILES string of the molecule is CCC(CO)Nc1ccc(N)c2ncccc12. The molecule has 0 amide bonds. The zero-order valence-electron chi connectivity index (χ0n) is 9.85. The van der Waals surface area contributed by atoms with Crippen LogP contribution in [0.3, 0.4) is 0 Å². The number of anilines is 2. The van der Waals surface area contributed by atoms with Crippen LogP contribution in [-0.2, 0) is 0 Å². The van der Waals surface area contributed by atoms with Gasteiger partial charge in [-0.25, -0.2) is 0 Å². The number of hydrogen-bond acceptors (Lipinski definition) is 4. The summed E-state index contributed by atoms with van der Waals surface area (Å²) in [6, 6.07) is 7.68. The van der Waals surface area contributed by atoms with Crippen LogP contribution in [0.25, 0.3) is 10.9 Å². The monoisotopic (exact) mass is 231 g/mol. The highest BCUT2D eigenvalue weighted by atomic mass is 16.3. The van der Waals surface area contributed by atoms with Crippen molar-refractivity contribution in [2.24, 2.45) is 0 Å². The van der Waals surface area contributed by atoms with Crippen molar-refractivity contribution in [2.75, 3.05) is 17.7 Å². The van der Waals surface area contributed by atoms with Crippen molar-refractivity contribution >= 4 is 22.3 Å². The molecular formula is C13H17N3O. The third-order valence-electron chi connectivity index (χ3n) is 2.87. The van der Waals surface area contributed by atoms with Crippen LogP contribution in [-0.4, -0.2) is 22.7 Å². The fourth-order valence-corrected chi connectivity index (χ4v) is 1.82. The summed E-state index contributed by atoms with van der Waals surface area (Å²) in [5.41, 5.74) is 8.31. The van der Waals surface area contributed by atoms with Gasteiger partial charge in [0.05, 0.1) is 17.8 Å². The number of aromatic nitrogens is 1. The average molecular weight is 231 g/mol. The molecule has 17 heavy (non-hydrogen) atoms. The maximum Gasteiger partial charge on any atom is 0.0951 e. The third kappa shape index (κ3) is 2.31. The van der Waals surface area contributed by atoms with Crippen LogP contribution < -0.4 is 11.1 Å². The van der Waals surface area contributed by atoms with E-state index in [4.69, 9.17) is 5.73 Å². The van der Waals surface area contributed by atoms with Crippen LogP contribution in [0.5, 0.6) is 0 Å². The number of benzene rings is 1. The van der Waals surface area contributed by atoms with E-state index in [0.29, 0.717) is 5.69 Å². The molecule has 0 bridgehead atoms. The number of aliphatic hydroxyl groups is 1. The smallest absolute Gasteiger partial charge is 0.0951 e. The van der Waals surface area contributed by atoms with Gasteiger partial charge in [-0.2, -0.15) is 0 Å². The van der Waals surface area contributed by atoms with Gasteiger partial charge in [0.1, 0.15) is 0 Å². The molecule has 0 saturated heterocycles. The normalized spacial score (nSPS) is 12.6. The van der Waals surface area contributed by atoms with Gasteiger partial charge in [-0.05, 0) is 30.7 Å². The predicted molar refractivity (Wildman–Crippen MR) is 70.9 cm³/mol. The highest BCUT2D eigenvalue weighted by molar-refractivity contribution is 5.98. The Kier molecular flexibility index (Phi) is 3.44. The maximum absolute atomic E-state index is 9.21. The summed E-state index contributed by atoms with van der Waals surface area (Å²) in [5, 5.41) is 13.5. The van der Waals surface area contributed by atoms with Crippen LogP contribution >= 0.6 is 0 Å². The van der Waals surface area contributed by atoms with E-state index < -0.39 is 0 Å². The van der Waals surface area contributed by atoms with Crippen LogP contribution in [0.4, 0.5) is 11.4 Å². The van der Waals surface area contributed by atoms with Crippen molar-refractivity contribution in [1.82, 2.24) is 4.98 Å². The van der Waals surface area contributed by atoms with Crippen molar-refractivity contribution in [3.05, 3.63) is 30.5 Å². The summed E-state index contributed by atoms with van der Waals surface area (Å²) in [6.45, 7) is 2.15. The van der Waals surface area contributed by atoms with E-state index in [0.717, 1.165) is 23.0 Å². The van der Waals surface area contributed by atoms with E-state index in [1.54, 1.807) is 6.20 Å². The molecule has 0 spiro atoms. The van der Waals surface area contributed by atoms with Gasteiger partial charge in [0.25, 0.3) is 0 Å². The van der Waals surface area contributed by atoms with Gasteiger partial charge >= 0.3 is 0 Å². The number of pyridine rings is 1. The second kappa shape index (κ2) is 5.01. The Labute approximate surface area is 100 Å². The molecule has 1 unspecified atom stereocenters. The van der Waals surface area contributed by atoms with E-state index >= 15 is 0 Å². The third-order valence-corrected chi connectivity index (χ3v) is 2.87. The molecule has 4 heteroatoms. The predicted octanol–water partition coefficient (Wildman–Crippen LogP) is 2.00. The van der Waals surface area contributed by atoms with Crippen LogP contribution in [0.15, 0.2) is 30.5 Å². The number of nitrogens with zero attached hydrogens (tertiary/aromatic N) is 1. The molecular weight excluding hydrogens is 214 g/mol. The summed E-state index contributed by atoms with van der Waals surface area (Å²) in [5.74, 6) is 0. The Bertz CT molecular complexity index is 509. The maximum atomic E-state index is 9.21. The van der Waals surface area contributed by atoms with Gasteiger partial charge in [-0.3, -0.25) is 4.98 Å². The first-order chi connectivity index (χ1) is 8.26. The van der Waals surface area contributed by atoms with E-state index in [9.17, 15) is 5.11 Å². The minimum atomic E-state index is 0.0574. The molecule has 4 N–H and O–H groups in total. The minimum Gasteiger partial charge on any atom is -0.397 e. The Morgan fingerprint density at radius 2 is 2.24 bits per heavy atom. The quantitative estimate of drug-likeness (QED) is 0.704. The zero-order valence-corrected chi connectivity index (χ0v) is 9.85. The number of hydrogen-bond donors (Lipinski definition) is 3. The van der Waals surface area contributed by atoms with Gasteiger partial charge < -0.3 is 16.2 Å². The lowest BCUT2D eigenvalue weighted by molar-refractivity contribution is 0.272. The summed E-state index contributed by atoms with van der Waals surface area (Å²) in [4.78, 5) is 4.27. The topological polar surface area (TPSA) is 71.2 Å². The fraction of sp³-hybridized carbons (Fsp3) is 0.308. The van der Waals surface area contributed by atoms with Crippen molar-refractivity contribution in [1.29, 1.82) is 0 Å². The molecule has 0 fully saturated rings. The molecule has 1 atom stereocenters. The van der Waals surface area contributed by atoms with Crippen molar-refractivity contribution < 1.29 is 5.11 Å². The van der Waals surface area contributed by atoms with Crippen LogP contribution in [0.2, 0.25) is 0 Å².